The van der Waals surface area contributed by atoms with E-state index in [9.17, 15) is 4.79 Å². The van der Waals surface area contributed by atoms with E-state index < -0.39 is 5.91 Å². The van der Waals surface area contributed by atoms with E-state index in [4.69, 9.17) is 21.4 Å². The number of aryl methyl sites for hydroxylation is 2. The maximum Gasteiger partial charge on any atom is 0.293 e. The molecule has 2 N–H and O–H groups in total. The molecule has 0 aliphatic heterocycles. The van der Waals surface area contributed by atoms with E-state index in [-0.39, 0.29) is 10.9 Å². The molecular formula is C25H21N5O3S. The van der Waals surface area contributed by atoms with E-state index in [0.29, 0.717) is 11.1 Å². The lowest BCUT2D eigenvalue weighted by Crippen LogP contribution is -2.34. The number of nitrogens with zero attached hydrogens (tertiary/aromatic N) is 3. The first-order valence-electron chi connectivity index (χ1n) is 10.6. The number of aromatic nitrogens is 3. The topological polar surface area (TPSA) is 94.2 Å². The largest absolute Gasteiger partial charge is 0.497 e. The summed E-state index contributed by atoms with van der Waals surface area (Å²) in [5.74, 6) is 0.589. The molecule has 0 saturated carbocycles. The molecule has 1 amide bonds. The molecule has 170 valence electrons. The van der Waals surface area contributed by atoms with Crippen molar-refractivity contribution >= 4 is 50.9 Å². The Morgan fingerprint density at radius 2 is 1.74 bits per heavy atom. The summed E-state index contributed by atoms with van der Waals surface area (Å²) >= 11 is 5.39. The van der Waals surface area contributed by atoms with Gasteiger partial charge in [0.05, 0.1) is 12.8 Å². The van der Waals surface area contributed by atoms with Crippen molar-refractivity contribution in [2.45, 2.75) is 13.8 Å². The van der Waals surface area contributed by atoms with Gasteiger partial charge < -0.3 is 14.5 Å². The number of fused-ring (bicyclic) bond motifs is 2. The van der Waals surface area contributed by atoms with E-state index in [1.54, 1.807) is 11.9 Å². The number of carbonyl (C=O) groups is 1. The summed E-state index contributed by atoms with van der Waals surface area (Å²) in [4.78, 5) is 14.3. The first-order chi connectivity index (χ1) is 16.4. The highest BCUT2D eigenvalue weighted by Crippen LogP contribution is 2.25. The number of thiocarbonyl (C=S) groups is 1. The van der Waals surface area contributed by atoms with Crippen LogP contribution in [0.1, 0.15) is 21.7 Å². The van der Waals surface area contributed by atoms with Crippen molar-refractivity contribution in [3.63, 3.8) is 0 Å². The molecule has 2 heterocycles. The van der Waals surface area contributed by atoms with Gasteiger partial charge >= 0.3 is 0 Å². The van der Waals surface area contributed by atoms with Crippen molar-refractivity contribution in [1.82, 2.24) is 20.3 Å². The van der Waals surface area contributed by atoms with Gasteiger partial charge in [-0.15, -0.1) is 10.2 Å². The summed E-state index contributed by atoms with van der Waals surface area (Å²) in [6.45, 7) is 3.78. The fourth-order valence-electron chi connectivity index (χ4n) is 3.74. The van der Waals surface area contributed by atoms with Crippen molar-refractivity contribution in [1.29, 1.82) is 0 Å². The number of amides is 1. The van der Waals surface area contributed by atoms with Gasteiger partial charge in [0.1, 0.15) is 22.4 Å². The van der Waals surface area contributed by atoms with Crippen LogP contribution in [0.3, 0.4) is 0 Å². The Labute approximate surface area is 200 Å². The summed E-state index contributed by atoms with van der Waals surface area (Å²) in [6, 6.07) is 18.8. The van der Waals surface area contributed by atoms with Crippen LogP contribution in [0.2, 0.25) is 0 Å². The van der Waals surface area contributed by atoms with E-state index >= 15 is 0 Å². The average molecular weight is 472 g/mol. The second-order valence-corrected chi connectivity index (χ2v) is 8.21. The van der Waals surface area contributed by atoms with Crippen molar-refractivity contribution in [2.75, 3.05) is 12.4 Å². The van der Waals surface area contributed by atoms with Crippen LogP contribution in [0.5, 0.6) is 5.75 Å². The number of rotatable bonds is 4. The maximum absolute atomic E-state index is 12.8. The van der Waals surface area contributed by atoms with Crippen molar-refractivity contribution in [3.8, 4) is 11.4 Å². The van der Waals surface area contributed by atoms with Crippen molar-refractivity contribution in [3.05, 3.63) is 77.6 Å². The molecule has 9 heteroatoms. The molecule has 5 rings (SSSR count). The molecule has 0 bridgehead atoms. The number of methoxy groups -OCH3 is 1. The van der Waals surface area contributed by atoms with Crippen LogP contribution < -0.4 is 15.4 Å². The summed E-state index contributed by atoms with van der Waals surface area (Å²) < 4.78 is 10.9. The predicted molar refractivity (Wildman–Crippen MR) is 135 cm³/mol. The summed E-state index contributed by atoms with van der Waals surface area (Å²) in [5.41, 5.74) is 5.30. The van der Waals surface area contributed by atoms with Gasteiger partial charge in [-0.3, -0.25) is 10.1 Å². The summed E-state index contributed by atoms with van der Waals surface area (Å²) in [7, 11) is 1.62. The number of hydrogen-bond acceptors (Lipinski definition) is 6. The number of benzene rings is 3. The molecule has 0 spiro atoms. The van der Waals surface area contributed by atoms with Gasteiger partial charge in [-0.1, -0.05) is 18.2 Å². The zero-order chi connectivity index (χ0) is 23.8. The number of nitrogens with one attached hydrogen (secondary N) is 2. The molecule has 0 aliphatic rings. The second-order valence-electron chi connectivity index (χ2n) is 7.80. The highest BCUT2D eigenvalue weighted by atomic mass is 32.1. The monoisotopic (exact) mass is 471 g/mol. The number of anilines is 1. The lowest BCUT2D eigenvalue weighted by molar-refractivity contribution is 0.0952. The highest BCUT2D eigenvalue weighted by molar-refractivity contribution is 7.80. The first kappa shape index (κ1) is 21.6. The third-order valence-electron chi connectivity index (χ3n) is 5.55. The normalized spacial score (nSPS) is 11.0. The van der Waals surface area contributed by atoms with Crippen LogP contribution in [0.15, 0.2) is 65.1 Å². The standard InChI is InChI=1S/C25H21N5O3S/c1-14-12-20-21(29-30(28-20)16-8-10-17(32-3)11-9-16)13-19(14)26-25(34)27-24(31)23-15(2)18-6-4-5-7-22(18)33-23/h4-13H,1-3H3,(H2,26,27,31,34). The van der Waals surface area contributed by atoms with Gasteiger partial charge in [-0.25, -0.2) is 0 Å². The molecule has 8 nitrogen and oxygen atoms in total. The highest BCUT2D eigenvalue weighted by Gasteiger charge is 2.19. The van der Waals surface area contributed by atoms with Gasteiger partial charge in [0.15, 0.2) is 10.9 Å². The van der Waals surface area contributed by atoms with E-state index in [2.05, 4.69) is 20.8 Å². The minimum absolute atomic E-state index is 0.162. The van der Waals surface area contributed by atoms with Crippen LogP contribution in [0, 0.1) is 13.8 Å². The van der Waals surface area contributed by atoms with E-state index in [0.717, 1.165) is 39.2 Å². The van der Waals surface area contributed by atoms with Gasteiger partial charge in [0.2, 0.25) is 0 Å². The Bertz CT molecular complexity index is 1550. The Kier molecular flexibility index (Phi) is 5.46. The minimum atomic E-state index is -0.407. The zero-order valence-electron chi connectivity index (χ0n) is 18.7. The van der Waals surface area contributed by atoms with Crippen LogP contribution in [0.25, 0.3) is 27.7 Å². The van der Waals surface area contributed by atoms with Crippen molar-refractivity contribution < 1.29 is 13.9 Å². The first-order valence-corrected chi connectivity index (χ1v) is 11.0. The van der Waals surface area contributed by atoms with Crippen LogP contribution in [-0.2, 0) is 0 Å². The third-order valence-corrected chi connectivity index (χ3v) is 5.76. The van der Waals surface area contributed by atoms with Crippen LogP contribution in [0.4, 0.5) is 5.69 Å². The molecule has 0 unspecified atom stereocenters. The molecule has 2 aromatic heterocycles. The Hall–Kier alpha value is -4.24. The molecule has 0 radical (unpaired) electrons. The fraction of sp³-hybridized carbons (Fsp3) is 0.120. The van der Waals surface area contributed by atoms with Crippen LogP contribution >= 0.6 is 12.2 Å². The van der Waals surface area contributed by atoms with Gasteiger partial charge in [0, 0.05) is 16.6 Å². The van der Waals surface area contributed by atoms with E-state index in [1.165, 1.54) is 0 Å². The molecule has 0 fully saturated rings. The molecule has 0 saturated heterocycles. The molecule has 3 aromatic carbocycles. The fourth-order valence-corrected chi connectivity index (χ4v) is 3.94. The summed E-state index contributed by atoms with van der Waals surface area (Å²) in [6.07, 6.45) is 0. The lowest BCUT2D eigenvalue weighted by Gasteiger charge is -2.11. The van der Waals surface area contributed by atoms with Gasteiger partial charge in [-0.2, -0.15) is 4.80 Å². The Morgan fingerprint density at radius 3 is 2.44 bits per heavy atom. The number of para-hydroxylation sites is 1. The zero-order valence-corrected chi connectivity index (χ0v) is 19.6. The van der Waals surface area contributed by atoms with Crippen molar-refractivity contribution in [2.24, 2.45) is 0 Å². The Morgan fingerprint density at radius 1 is 1.03 bits per heavy atom. The summed E-state index contributed by atoms with van der Waals surface area (Å²) in [5, 5.41) is 16.0. The number of ether oxygens (including phenoxy) is 1. The molecule has 0 aliphatic carbocycles. The molecule has 0 atom stereocenters. The van der Waals surface area contributed by atoms with Gasteiger partial charge in [-0.05, 0) is 74.1 Å². The Balaban J connectivity index is 1.35. The lowest BCUT2D eigenvalue weighted by atomic mass is 10.1. The number of furan rings is 1. The minimum Gasteiger partial charge on any atom is -0.497 e. The third kappa shape index (κ3) is 3.97. The number of carbonyl (C=O) groups excluding carboxylic acids is 1. The van der Waals surface area contributed by atoms with E-state index in [1.807, 2.05) is 74.5 Å². The van der Waals surface area contributed by atoms with Gasteiger partial charge in [0.25, 0.3) is 5.91 Å². The second kappa shape index (κ2) is 8.60. The smallest absolute Gasteiger partial charge is 0.293 e. The molecular weight excluding hydrogens is 450 g/mol. The number of hydrogen-bond donors (Lipinski definition) is 2. The SMILES string of the molecule is COc1ccc(-n2nc3cc(C)c(NC(=S)NC(=O)c4oc5ccccc5c4C)cc3n2)cc1. The molecule has 5 aromatic rings. The quantitative estimate of drug-likeness (QED) is 0.359. The maximum atomic E-state index is 12.8. The average Bonchev–Trinajstić information content (AvgIpc) is 3.40. The predicted octanol–water partition coefficient (Wildman–Crippen LogP) is 4.92. The van der Waals surface area contributed by atoms with Crippen LogP contribution in [-0.4, -0.2) is 33.1 Å². The molecule has 34 heavy (non-hydrogen) atoms.